The number of rotatable bonds is 4. The Kier molecular flexibility index (Phi) is 4.06. The number of benzene rings is 3. The van der Waals surface area contributed by atoms with E-state index in [1.54, 1.807) is 4.68 Å². The molecule has 0 spiro atoms. The maximum absolute atomic E-state index is 12.4. The highest BCUT2D eigenvalue weighted by Crippen LogP contribution is 2.27. The Hall–Kier alpha value is -3.58. The van der Waals surface area contributed by atoms with E-state index < -0.39 is 0 Å². The van der Waals surface area contributed by atoms with Gasteiger partial charge in [0.05, 0.1) is 11.2 Å². The van der Waals surface area contributed by atoms with Crippen molar-refractivity contribution in [3.63, 3.8) is 0 Å². The molecule has 0 unspecified atom stereocenters. The largest absolute Gasteiger partial charge is 0.300 e. The molecule has 136 valence electrons. The van der Waals surface area contributed by atoms with Crippen molar-refractivity contribution < 1.29 is 4.79 Å². The number of hydrogen-bond acceptors (Lipinski definition) is 5. The smallest absolute Gasteiger partial charge is 0.247 e. The van der Waals surface area contributed by atoms with E-state index in [1.807, 2.05) is 47.8 Å². The number of anilines is 1. The van der Waals surface area contributed by atoms with Crippen LogP contribution in [0.4, 0.5) is 5.13 Å². The molecule has 0 atom stereocenters. The van der Waals surface area contributed by atoms with Crippen LogP contribution in [0.25, 0.3) is 33.1 Å². The maximum Gasteiger partial charge on any atom is 0.247 e. The van der Waals surface area contributed by atoms with Crippen LogP contribution < -0.4 is 5.32 Å². The van der Waals surface area contributed by atoms with Gasteiger partial charge in [-0.05, 0) is 29.0 Å². The first-order chi connectivity index (χ1) is 13.8. The number of carbonyl (C=O) groups is 1. The van der Waals surface area contributed by atoms with Gasteiger partial charge in [0.1, 0.15) is 12.1 Å². The fraction of sp³-hybridized carbons (Fsp3) is 0.0476. The molecular weight excluding hydrogens is 370 g/mol. The van der Waals surface area contributed by atoms with Crippen molar-refractivity contribution in [1.29, 1.82) is 0 Å². The first-order valence-corrected chi connectivity index (χ1v) is 9.67. The van der Waals surface area contributed by atoms with Crippen LogP contribution in [0.2, 0.25) is 0 Å². The molecule has 0 radical (unpaired) electrons. The Morgan fingerprint density at radius 3 is 2.75 bits per heavy atom. The molecule has 2 aromatic heterocycles. The third kappa shape index (κ3) is 3.12. The van der Waals surface area contributed by atoms with Gasteiger partial charge < -0.3 is 5.32 Å². The first-order valence-electron chi connectivity index (χ1n) is 8.79. The molecule has 5 rings (SSSR count). The molecular formula is C21H15N5OS. The monoisotopic (exact) mass is 385 g/mol. The maximum atomic E-state index is 12.4. The van der Waals surface area contributed by atoms with Gasteiger partial charge >= 0.3 is 0 Å². The highest BCUT2D eigenvalue weighted by molar-refractivity contribution is 7.14. The number of nitrogens with zero attached hydrogens (tertiary/aromatic N) is 4. The van der Waals surface area contributed by atoms with Crippen LogP contribution in [-0.2, 0) is 11.3 Å². The second kappa shape index (κ2) is 6.86. The molecule has 6 nitrogen and oxygen atoms in total. The molecule has 0 fully saturated rings. The van der Waals surface area contributed by atoms with Crippen LogP contribution in [0.15, 0.2) is 72.1 Å². The molecule has 0 aliphatic rings. The fourth-order valence-corrected chi connectivity index (χ4v) is 3.88. The van der Waals surface area contributed by atoms with Crippen LogP contribution in [0, 0.1) is 0 Å². The van der Waals surface area contributed by atoms with Gasteiger partial charge in [-0.15, -0.1) is 16.4 Å². The number of carbonyl (C=O) groups excluding carboxylic acids is 1. The Morgan fingerprint density at radius 2 is 1.82 bits per heavy atom. The Labute approximate surface area is 164 Å². The van der Waals surface area contributed by atoms with Crippen molar-refractivity contribution in [3.8, 4) is 11.3 Å². The SMILES string of the molecule is O=C(Cn1nnc2ccccc21)Nc1nc(-c2ccc3ccccc3c2)cs1. The topological polar surface area (TPSA) is 72.7 Å². The third-order valence-electron chi connectivity index (χ3n) is 4.51. The second-order valence-corrected chi connectivity index (χ2v) is 7.24. The Morgan fingerprint density at radius 1 is 1.00 bits per heavy atom. The second-order valence-electron chi connectivity index (χ2n) is 6.38. The van der Waals surface area contributed by atoms with E-state index in [2.05, 4.69) is 44.9 Å². The Balaban J connectivity index is 1.33. The summed E-state index contributed by atoms with van der Waals surface area (Å²) in [6.45, 7) is 0.0887. The summed E-state index contributed by atoms with van der Waals surface area (Å²) in [6.07, 6.45) is 0. The van der Waals surface area contributed by atoms with Crippen molar-refractivity contribution in [1.82, 2.24) is 20.0 Å². The van der Waals surface area contributed by atoms with Gasteiger partial charge in [-0.3, -0.25) is 4.79 Å². The van der Waals surface area contributed by atoms with Crippen LogP contribution >= 0.6 is 11.3 Å². The van der Waals surface area contributed by atoms with E-state index in [4.69, 9.17) is 0 Å². The van der Waals surface area contributed by atoms with Gasteiger partial charge in [0.15, 0.2) is 5.13 Å². The first kappa shape index (κ1) is 16.6. The van der Waals surface area contributed by atoms with Gasteiger partial charge in [0.25, 0.3) is 0 Å². The minimum absolute atomic E-state index is 0.0887. The number of nitrogens with one attached hydrogen (secondary N) is 1. The number of fused-ring (bicyclic) bond motifs is 2. The molecule has 7 heteroatoms. The quantitative estimate of drug-likeness (QED) is 0.499. The third-order valence-corrected chi connectivity index (χ3v) is 5.27. The van der Waals surface area contributed by atoms with Crippen LogP contribution in [0.3, 0.4) is 0 Å². The summed E-state index contributed by atoms with van der Waals surface area (Å²) in [5, 5.41) is 15.8. The average molecular weight is 385 g/mol. The van der Waals surface area contributed by atoms with E-state index >= 15 is 0 Å². The highest BCUT2D eigenvalue weighted by atomic mass is 32.1. The molecule has 1 N–H and O–H groups in total. The van der Waals surface area contributed by atoms with Gasteiger partial charge in [0, 0.05) is 10.9 Å². The van der Waals surface area contributed by atoms with Crippen molar-refractivity contribution >= 4 is 44.2 Å². The molecule has 1 amide bonds. The molecule has 2 heterocycles. The zero-order valence-electron chi connectivity index (χ0n) is 14.7. The van der Waals surface area contributed by atoms with Gasteiger partial charge in [0.2, 0.25) is 5.91 Å². The van der Waals surface area contributed by atoms with Crippen LogP contribution in [-0.4, -0.2) is 25.9 Å². The summed E-state index contributed by atoms with van der Waals surface area (Å²) in [5.41, 5.74) is 3.46. The van der Waals surface area contributed by atoms with E-state index in [-0.39, 0.29) is 12.5 Å². The predicted octanol–water partition coefficient (Wildman–Crippen LogP) is 4.35. The van der Waals surface area contributed by atoms with E-state index in [9.17, 15) is 4.79 Å². The molecule has 0 saturated carbocycles. The van der Waals surface area contributed by atoms with Gasteiger partial charge in [-0.1, -0.05) is 53.7 Å². The number of thiazole rings is 1. The summed E-state index contributed by atoms with van der Waals surface area (Å²) in [7, 11) is 0. The molecule has 0 aliphatic carbocycles. The van der Waals surface area contributed by atoms with Crippen LogP contribution in [0.5, 0.6) is 0 Å². The van der Waals surface area contributed by atoms with E-state index in [1.165, 1.54) is 16.7 Å². The highest BCUT2D eigenvalue weighted by Gasteiger charge is 2.11. The molecule has 28 heavy (non-hydrogen) atoms. The number of para-hydroxylation sites is 1. The minimum atomic E-state index is -0.185. The van der Waals surface area contributed by atoms with Crippen molar-refractivity contribution in [2.24, 2.45) is 0 Å². The molecule has 3 aromatic carbocycles. The lowest BCUT2D eigenvalue weighted by molar-refractivity contribution is -0.116. The van der Waals surface area contributed by atoms with Crippen molar-refractivity contribution in [3.05, 3.63) is 72.1 Å². The zero-order valence-corrected chi connectivity index (χ0v) is 15.6. The molecule has 0 bridgehead atoms. The van der Waals surface area contributed by atoms with Gasteiger partial charge in [-0.2, -0.15) is 0 Å². The molecule has 0 aliphatic heterocycles. The predicted molar refractivity (Wildman–Crippen MR) is 111 cm³/mol. The standard InChI is InChI=1S/C21H15N5OS/c27-20(12-26-19-8-4-3-7-17(19)24-25-26)23-21-22-18(13-28-21)16-10-9-14-5-1-2-6-15(14)11-16/h1-11,13H,12H2,(H,22,23,27). The fourth-order valence-electron chi connectivity index (χ4n) is 3.14. The summed E-state index contributed by atoms with van der Waals surface area (Å²) in [4.78, 5) is 17.0. The lowest BCUT2D eigenvalue weighted by Crippen LogP contribution is -2.19. The summed E-state index contributed by atoms with van der Waals surface area (Å²) in [6, 6.07) is 22.0. The van der Waals surface area contributed by atoms with E-state index in [0.29, 0.717) is 5.13 Å². The summed E-state index contributed by atoms with van der Waals surface area (Å²) >= 11 is 1.41. The number of amides is 1. The van der Waals surface area contributed by atoms with Crippen molar-refractivity contribution in [2.75, 3.05) is 5.32 Å². The van der Waals surface area contributed by atoms with Crippen molar-refractivity contribution in [2.45, 2.75) is 6.54 Å². The minimum Gasteiger partial charge on any atom is -0.300 e. The number of aromatic nitrogens is 4. The lowest BCUT2D eigenvalue weighted by Gasteiger charge is -2.03. The molecule has 5 aromatic rings. The van der Waals surface area contributed by atoms with Gasteiger partial charge in [-0.25, -0.2) is 9.67 Å². The average Bonchev–Trinajstić information content (AvgIpc) is 3.35. The van der Waals surface area contributed by atoms with Crippen LogP contribution in [0.1, 0.15) is 0 Å². The molecule has 0 saturated heterocycles. The number of hydrogen-bond donors (Lipinski definition) is 1. The Bertz CT molecular complexity index is 1310. The summed E-state index contributed by atoms with van der Waals surface area (Å²) < 4.78 is 1.59. The summed E-state index contributed by atoms with van der Waals surface area (Å²) in [5.74, 6) is -0.185. The van der Waals surface area contributed by atoms with E-state index in [0.717, 1.165) is 27.7 Å². The zero-order chi connectivity index (χ0) is 18.9. The normalized spacial score (nSPS) is 11.1. The lowest BCUT2D eigenvalue weighted by atomic mass is 10.1.